The first-order valence-electron chi connectivity index (χ1n) is 11.0. The highest BCUT2D eigenvalue weighted by Crippen LogP contribution is 2.24. The predicted molar refractivity (Wildman–Crippen MR) is 130 cm³/mol. The van der Waals surface area contributed by atoms with Crippen LogP contribution >= 0.6 is 23.2 Å². The standard InChI is InChI=1S/C25H32Cl2N2O3/c1-4-23(25(31)28-16-18(2)3)29(17-19-12-13-21(26)22(27)15-19)24(30)11-8-14-32-20-9-6-5-7-10-20/h5-7,9-10,12-13,15,18,23H,4,8,11,14,16-17H2,1-3H3,(H,28,31)/t23-/m0/s1. The lowest BCUT2D eigenvalue weighted by Crippen LogP contribution is -2.49. The Hall–Kier alpha value is -2.24. The monoisotopic (exact) mass is 478 g/mol. The normalized spacial score (nSPS) is 11.8. The molecule has 0 saturated carbocycles. The Morgan fingerprint density at radius 3 is 2.41 bits per heavy atom. The number of hydrogen-bond donors (Lipinski definition) is 1. The molecule has 0 radical (unpaired) electrons. The fourth-order valence-corrected chi connectivity index (χ4v) is 3.57. The SMILES string of the molecule is CC[C@@H](C(=O)NCC(C)C)N(Cc1ccc(Cl)c(Cl)c1)C(=O)CCCOc1ccccc1. The van der Waals surface area contributed by atoms with Gasteiger partial charge in [0.2, 0.25) is 11.8 Å². The van der Waals surface area contributed by atoms with Gasteiger partial charge < -0.3 is 15.0 Å². The van der Waals surface area contributed by atoms with Crippen LogP contribution in [0.25, 0.3) is 0 Å². The van der Waals surface area contributed by atoms with Crippen LogP contribution in [0.5, 0.6) is 5.75 Å². The summed E-state index contributed by atoms with van der Waals surface area (Å²) in [7, 11) is 0. The fourth-order valence-electron chi connectivity index (χ4n) is 3.25. The van der Waals surface area contributed by atoms with Gasteiger partial charge in [0.05, 0.1) is 16.7 Å². The molecule has 5 nitrogen and oxygen atoms in total. The third-order valence-electron chi connectivity index (χ3n) is 4.95. The van der Waals surface area contributed by atoms with Crippen LogP contribution in [-0.4, -0.2) is 35.9 Å². The molecule has 2 aromatic carbocycles. The molecule has 0 aliphatic carbocycles. The number of halogens is 2. The van der Waals surface area contributed by atoms with Crippen molar-refractivity contribution in [3.05, 3.63) is 64.1 Å². The lowest BCUT2D eigenvalue weighted by atomic mass is 10.1. The number of benzene rings is 2. The van der Waals surface area contributed by atoms with Crippen molar-refractivity contribution in [1.29, 1.82) is 0 Å². The van der Waals surface area contributed by atoms with E-state index in [4.69, 9.17) is 27.9 Å². The van der Waals surface area contributed by atoms with Gasteiger partial charge in [0.15, 0.2) is 0 Å². The molecule has 0 aliphatic rings. The summed E-state index contributed by atoms with van der Waals surface area (Å²) < 4.78 is 5.70. The first-order chi connectivity index (χ1) is 15.3. The van der Waals surface area contributed by atoms with Gasteiger partial charge in [0.1, 0.15) is 11.8 Å². The van der Waals surface area contributed by atoms with E-state index in [0.717, 1.165) is 11.3 Å². The van der Waals surface area contributed by atoms with Crippen LogP contribution in [0.3, 0.4) is 0 Å². The number of carbonyl (C=O) groups excluding carboxylic acids is 2. The Morgan fingerprint density at radius 2 is 1.78 bits per heavy atom. The third-order valence-corrected chi connectivity index (χ3v) is 5.69. The Kier molecular flexibility index (Phi) is 10.8. The first kappa shape index (κ1) is 26.0. The molecule has 0 spiro atoms. The van der Waals surface area contributed by atoms with Crippen LogP contribution in [0.4, 0.5) is 0 Å². The molecule has 7 heteroatoms. The quantitative estimate of drug-likeness (QED) is 0.396. The molecule has 0 saturated heterocycles. The van der Waals surface area contributed by atoms with Crippen LogP contribution < -0.4 is 10.1 Å². The van der Waals surface area contributed by atoms with Gasteiger partial charge in [0.25, 0.3) is 0 Å². The predicted octanol–water partition coefficient (Wildman–Crippen LogP) is 5.73. The summed E-state index contributed by atoms with van der Waals surface area (Å²) >= 11 is 12.2. The molecule has 0 heterocycles. The molecule has 2 aromatic rings. The van der Waals surface area contributed by atoms with E-state index in [0.29, 0.717) is 42.0 Å². The van der Waals surface area contributed by atoms with E-state index in [9.17, 15) is 9.59 Å². The van der Waals surface area contributed by atoms with Crippen molar-refractivity contribution < 1.29 is 14.3 Å². The molecular formula is C25H32Cl2N2O3. The van der Waals surface area contributed by atoms with Crippen molar-refractivity contribution in [3.8, 4) is 5.75 Å². The van der Waals surface area contributed by atoms with E-state index >= 15 is 0 Å². The van der Waals surface area contributed by atoms with Crippen LogP contribution in [0, 0.1) is 5.92 Å². The number of nitrogens with zero attached hydrogens (tertiary/aromatic N) is 1. The van der Waals surface area contributed by atoms with Gasteiger partial charge in [-0.1, -0.05) is 68.2 Å². The lowest BCUT2D eigenvalue weighted by molar-refractivity contribution is -0.141. The van der Waals surface area contributed by atoms with Gasteiger partial charge in [0, 0.05) is 19.5 Å². The number of ether oxygens (including phenoxy) is 1. The van der Waals surface area contributed by atoms with Crippen molar-refractivity contribution in [3.63, 3.8) is 0 Å². The summed E-state index contributed by atoms with van der Waals surface area (Å²) in [5.41, 5.74) is 0.823. The second-order valence-electron chi connectivity index (χ2n) is 8.10. The summed E-state index contributed by atoms with van der Waals surface area (Å²) in [6.07, 6.45) is 1.34. The number of hydrogen-bond acceptors (Lipinski definition) is 3. The Morgan fingerprint density at radius 1 is 1.06 bits per heavy atom. The number of nitrogens with one attached hydrogen (secondary N) is 1. The summed E-state index contributed by atoms with van der Waals surface area (Å²) in [4.78, 5) is 27.7. The second kappa shape index (κ2) is 13.3. The Balaban J connectivity index is 2.09. The topological polar surface area (TPSA) is 58.6 Å². The highest BCUT2D eigenvalue weighted by atomic mass is 35.5. The molecule has 0 aliphatic heterocycles. The van der Waals surface area contributed by atoms with Gasteiger partial charge in [-0.15, -0.1) is 0 Å². The minimum absolute atomic E-state index is 0.0979. The molecule has 0 unspecified atom stereocenters. The van der Waals surface area contributed by atoms with Crippen LogP contribution in [-0.2, 0) is 16.1 Å². The molecule has 1 atom stereocenters. The molecule has 2 amide bonds. The summed E-state index contributed by atoms with van der Waals surface area (Å²) in [6, 6.07) is 14.2. The average molecular weight is 479 g/mol. The zero-order chi connectivity index (χ0) is 23.5. The van der Waals surface area contributed by atoms with E-state index in [-0.39, 0.29) is 24.8 Å². The zero-order valence-electron chi connectivity index (χ0n) is 18.9. The van der Waals surface area contributed by atoms with Gasteiger partial charge in [-0.3, -0.25) is 9.59 Å². The third kappa shape index (κ3) is 8.36. The smallest absolute Gasteiger partial charge is 0.242 e. The summed E-state index contributed by atoms with van der Waals surface area (Å²) in [5, 5.41) is 3.83. The van der Waals surface area contributed by atoms with E-state index in [1.54, 1.807) is 17.0 Å². The van der Waals surface area contributed by atoms with Gasteiger partial charge >= 0.3 is 0 Å². The molecule has 0 aromatic heterocycles. The zero-order valence-corrected chi connectivity index (χ0v) is 20.5. The van der Waals surface area contributed by atoms with E-state index in [1.165, 1.54) is 0 Å². The van der Waals surface area contributed by atoms with Gasteiger partial charge in [-0.05, 0) is 48.6 Å². The van der Waals surface area contributed by atoms with Crippen molar-refractivity contribution in [2.75, 3.05) is 13.2 Å². The first-order valence-corrected chi connectivity index (χ1v) is 11.8. The second-order valence-corrected chi connectivity index (χ2v) is 8.91. The highest BCUT2D eigenvalue weighted by Gasteiger charge is 2.28. The van der Waals surface area contributed by atoms with Crippen LogP contribution in [0.15, 0.2) is 48.5 Å². The van der Waals surface area contributed by atoms with Crippen molar-refractivity contribution in [2.45, 2.75) is 52.6 Å². The van der Waals surface area contributed by atoms with E-state index in [2.05, 4.69) is 5.32 Å². The van der Waals surface area contributed by atoms with Gasteiger partial charge in [-0.2, -0.15) is 0 Å². The lowest BCUT2D eigenvalue weighted by Gasteiger charge is -2.31. The fraction of sp³-hybridized carbons (Fsp3) is 0.440. The number of carbonyl (C=O) groups is 2. The maximum Gasteiger partial charge on any atom is 0.242 e. The molecular weight excluding hydrogens is 447 g/mol. The average Bonchev–Trinajstić information content (AvgIpc) is 2.78. The largest absolute Gasteiger partial charge is 0.494 e. The highest BCUT2D eigenvalue weighted by molar-refractivity contribution is 6.42. The van der Waals surface area contributed by atoms with E-state index in [1.807, 2.05) is 57.2 Å². The maximum atomic E-state index is 13.2. The van der Waals surface area contributed by atoms with Crippen molar-refractivity contribution >= 4 is 35.0 Å². The number of rotatable bonds is 12. The Bertz CT molecular complexity index is 875. The molecule has 32 heavy (non-hydrogen) atoms. The number of amides is 2. The van der Waals surface area contributed by atoms with Gasteiger partial charge in [-0.25, -0.2) is 0 Å². The van der Waals surface area contributed by atoms with Crippen molar-refractivity contribution in [1.82, 2.24) is 10.2 Å². The van der Waals surface area contributed by atoms with Crippen molar-refractivity contribution in [2.24, 2.45) is 5.92 Å². The molecule has 1 N–H and O–H groups in total. The summed E-state index contributed by atoms with van der Waals surface area (Å²) in [6.45, 7) is 7.25. The minimum Gasteiger partial charge on any atom is -0.494 e. The molecule has 2 rings (SSSR count). The molecule has 174 valence electrons. The Labute approximate surface area is 201 Å². The number of para-hydroxylation sites is 1. The maximum absolute atomic E-state index is 13.2. The van der Waals surface area contributed by atoms with Crippen LogP contribution in [0.1, 0.15) is 45.6 Å². The minimum atomic E-state index is -0.564. The van der Waals surface area contributed by atoms with Crippen LogP contribution in [0.2, 0.25) is 10.0 Å². The summed E-state index contributed by atoms with van der Waals surface area (Å²) in [5.74, 6) is 0.854. The molecule has 0 fully saturated rings. The molecule has 0 bridgehead atoms. The van der Waals surface area contributed by atoms with E-state index < -0.39 is 6.04 Å².